The number of rotatable bonds is 7. The lowest BCUT2D eigenvalue weighted by molar-refractivity contribution is -0.665. The zero-order valence-corrected chi connectivity index (χ0v) is 13.5. The van der Waals surface area contributed by atoms with Crippen LogP contribution in [0.25, 0.3) is 11.0 Å². The number of nitrogen functional groups attached to an aromatic ring is 1. The lowest BCUT2D eigenvalue weighted by atomic mass is 10.3. The van der Waals surface area contributed by atoms with Gasteiger partial charge in [-0.05, 0) is 24.3 Å². The van der Waals surface area contributed by atoms with E-state index in [1.54, 1.807) is 0 Å². The second-order valence-electron chi connectivity index (χ2n) is 5.63. The predicted octanol–water partition coefficient (Wildman–Crippen LogP) is 2.14. The number of aliphatic hydroxyl groups is 1. The van der Waals surface area contributed by atoms with Crippen molar-refractivity contribution < 1.29 is 14.4 Å². The van der Waals surface area contributed by atoms with Gasteiger partial charge in [0.1, 0.15) is 36.0 Å². The minimum atomic E-state index is -0.666. The quantitative estimate of drug-likeness (QED) is 0.517. The molecule has 0 spiro atoms. The standard InChI is InChI=1S/C19H21N3O2/c1-2-12-21-17-10-6-7-11-18(17)22(19(21)20)13-15(23)14-24-16-8-4-3-5-9-16/h2-11,15,20,23H,1,12-14H2/p+1/t15-/m0/s1. The Morgan fingerprint density at radius 1 is 1.17 bits per heavy atom. The molecule has 3 rings (SSSR count). The summed E-state index contributed by atoms with van der Waals surface area (Å²) >= 11 is 0. The molecule has 1 atom stereocenters. The zero-order chi connectivity index (χ0) is 16.9. The van der Waals surface area contributed by atoms with Gasteiger partial charge in [0.2, 0.25) is 0 Å². The normalized spacial score (nSPS) is 12.2. The summed E-state index contributed by atoms with van der Waals surface area (Å²) in [7, 11) is 0. The highest BCUT2D eigenvalue weighted by Gasteiger charge is 2.22. The average molecular weight is 324 g/mol. The number of fused-ring (bicyclic) bond motifs is 1. The molecule has 0 saturated heterocycles. The molecule has 3 aromatic rings. The van der Waals surface area contributed by atoms with Gasteiger partial charge in [-0.2, -0.15) is 0 Å². The van der Waals surface area contributed by atoms with Crippen LogP contribution in [0.4, 0.5) is 5.95 Å². The molecular formula is C19H22N3O2+. The smallest absolute Gasteiger partial charge is 0.356 e. The summed E-state index contributed by atoms with van der Waals surface area (Å²) in [5.74, 6) is 1.33. The highest BCUT2D eigenvalue weighted by Crippen LogP contribution is 2.16. The Morgan fingerprint density at radius 3 is 2.62 bits per heavy atom. The van der Waals surface area contributed by atoms with E-state index in [9.17, 15) is 5.11 Å². The third kappa shape index (κ3) is 3.26. The minimum absolute atomic E-state index is 0.206. The van der Waals surface area contributed by atoms with Gasteiger partial charge < -0.3 is 9.84 Å². The molecule has 3 N–H and O–H groups in total. The molecule has 0 unspecified atom stereocenters. The first kappa shape index (κ1) is 16.1. The van der Waals surface area contributed by atoms with Crippen molar-refractivity contribution in [3.8, 4) is 5.75 Å². The molecular weight excluding hydrogens is 302 g/mol. The van der Waals surface area contributed by atoms with Crippen LogP contribution in [0.1, 0.15) is 0 Å². The number of hydrogen-bond acceptors (Lipinski definition) is 3. The van der Waals surface area contributed by atoms with Crippen LogP contribution in [-0.2, 0) is 13.1 Å². The second kappa shape index (κ2) is 7.19. The fourth-order valence-electron chi connectivity index (χ4n) is 2.80. The molecule has 1 aromatic heterocycles. The summed E-state index contributed by atoms with van der Waals surface area (Å²) in [6, 6.07) is 17.4. The van der Waals surface area contributed by atoms with Crippen molar-refractivity contribution in [2.75, 3.05) is 12.3 Å². The molecule has 0 radical (unpaired) electrons. The number of aromatic nitrogens is 2. The number of para-hydroxylation sites is 3. The van der Waals surface area contributed by atoms with Gasteiger partial charge in [0, 0.05) is 0 Å². The van der Waals surface area contributed by atoms with Crippen LogP contribution in [0, 0.1) is 0 Å². The number of nitrogens with zero attached hydrogens (tertiary/aromatic N) is 2. The number of allylic oxidation sites excluding steroid dienone is 1. The third-order valence-corrected chi connectivity index (χ3v) is 3.91. The van der Waals surface area contributed by atoms with Crippen molar-refractivity contribution in [2.45, 2.75) is 19.2 Å². The predicted molar refractivity (Wildman–Crippen MR) is 94.7 cm³/mol. The number of hydrogen-bond donors (Lipinski definition) is 2. The summed E-state index contributed by atoms with van der Waals surface area (Å²) in [5, 5.41) is 10.4. The number of imidazole rings is 1. The summed E-state index contributed by atoms with van der Waals surface area (Å²) in [6.45, 7) is 4.97. The van der Waals surface area contributed by atoms with Gasteiger partial charge in [-0.25, -0.2) is 9.13 Å². The maximum absolute atomic E-state index is 10.4. The Labute approximate surface area is 141 Å². The molecule has 1 heterocycles. The molecule has 0 aliphatic rings. The molecule has 0 amide bonds. The lowest BCUT2D eigenvalue weighted by Gasteiger charge is -2.12. The summed E-state index contributed by atoms with van der Waals surface area (Å²) in [4.78, 5) is 0. The van der Waals surface area contributed by atoms with E-state index in [4.69, 9.17) is 10.5 Å². The molecule has 0 aliphatic carbocycles. The van der Waals surface area contributed by atoms with E-state index in [0.717, 1.165) is 16.8 Å². The Bertz CT molecular complexity index is 827. The molecule has 0 aliphatic heterocycles. The van der Waals surface area contributed by atoms with Crippen LogP contribution < -0.4 is 15.0 Å². The Morgan fingerprint density at radius 2 is 1.88 bits per heavy atom. The van der Waals surface area contributed by atoms with Crippen molar-refractivity contribution in [3.05, 3.63) is 67.3 Å². The van der Waals surface area contributed by atoms with Gasteiger partial charge in [0.05, 0.1) is 6.54 Å². The first-order chi connectivity index (χ1) is 11.7. The van der Waals surface area contributed by atoms with E-state index in [0.29, 0.717) is 19.0 Å². The SMILES string of the molecule is C=CCn1c(N)[n+](C[C@H](O)COc2ccccc2)c2ccccc21. The zero-order valence-electron chi connectivity index (χ0n) is 13.5. The van der Waals surface area contributed by atoms with Gasteiger partial charge in [-0.3, -0.25) is 5.73 Å². The van der Waals surface area contributed by atoms with Crippen LogP contribution in [0.15, 0.2) is 67.3 Å². The fourth-order valence-corrected chi connectivity index (χ4v) is 2.80. The van der Waals surface area contributed by atoms with E-state index in [-0.39, 0.29) is 6.61 Å². The van der Waals surface area contributed by atoms with Crippen molar-refractivity contribution in [1.29, 1.82) is 0 Å². The summed E-state index contributed by atoms with van der Waals surface area (Å²) < 4.78 is 9.51. The Balaban J connectivity index is 1.79. The lowest BCUT2D eigenvalue weighted by Crippen LogP contribution is -2.43. The minimum Gasteiger partial charge on any atom is -0.491 e. The van der Waals surface area contributed by atoms with E-state index in [2.05, 4.69) is 6.58 Å². The highest BCUT2D eigenvalue weighted by molar-refractivity contribution is 5.73. The molecule has 0 bridgehead atoms. The molecule has 5 heteroatoms. The molecule has 0 fully saturated rings. The van der Waals surface area contributed by atoms with E-state index < -0.39 is 6.10 Å². The van der Waals surface area contributed by atoms with E-state index in [1.807, 2.05) is 69.8 Å². The maximum atomic E-state index is 10.4. The molecule has 24 heavy (non-hydrogen) atoms. The van der Waals surface area contributed by atoms with Gasteiger partial charge in [-0.15, -0.1) is 0 Å². The third-order valence-electron chi connectivity index (χ3n) is 3.91. The fraction of sp³-hybridized carbons (Fsp3) is 0.211. The summed E-state index contributed by atoms with van der Waals surface area (Å²) in [6.07, 6.45) is 1.14. The number of ether oxygens (including phenoxy) is 1. The maximum Gasteiger partial charge on any atom is 0.356 e. The van der Waals surface area contributed by atoms with Crippen LogP contribution in [0.2, 0.25) is 0 Å². The van der Waals surface area contributed by atoms with Crippen molar-refractivity contribution in [1.82, 2.24) is 4.57 Å². The van der Waals surface area contributed by atoms with E-state index in [1.165, 1.54) is 0 Å². The first-order valence-corrected chi connectivity index (χ1v) is 7.94. The Kier molecular flexibility index (Phi) is 4.82. The Hall–Kier alpha value is -2.79. The number of anilines is 1. The van der Waals surface area contributed by atoms with Gasteiger partial charge >= 0.3 is 5.95 Å². The van der Waals surface area contributed by atoms with Crippen LogP contribution in [0.3, 0.4) is 0 Å². The van der Waals surface area contributed by atoms with Crippen LogP contribution in [0.5, 0.6) is 5.75 Å². The van der Waals surface area contributed by atoms with Gasteiger partial charge in [0.25, 0.3) is 0 Å². The van der Waals surface area contributed by atoms with Gasteiger partial charge in [-0.1, -0.05) is 43.0 Å². The van der Waals surface area contributed by atoms with E-state index >= 15 is 0 Å². The highest BCUT2D eigenvalue weighted by atomic mass is 16.5. The largest absolute Gasteiger partial charge is 0.491 e. The van der Waals surface area contributed by atoms with Crippen molar-refractivity contribution in [3.63, 3.8) is 0 Å². The van der Waals surface area contributed by atoms with Crippen LogP contribution in [-0.4, -0.2) is 22.4 Å². The monoisotopic (exact) mass is 324 g/mol. The topological polar surface area (TPSA) is 64.3 Å². The van der Waals surface area contributed by atoms with Crippen molar-refractivity contribution >= 4 is 17.0 Å². The first-order valence-electron chi connectivity index (χ1n) is 7.94. The molecule has 5 nitrogen and oxygen atoms in total. The average Bonchev–Trinajstić information content (AvgIpc) is 2.87. The summed E-state index contributed by atoms with van der Waals surface area (Å²) in [5.41, 5.74) is 8.29. The van der Waals surface area contributed by atoms with Crippen molar-refractivity contribution in [2.24, 2.45) is 0 Å². The van der Waals surface area contributed by atoms with Gasteiger partial charge in [0.15, 0.2) is 0 Å². The molecule has 2 aromatic carbocycles. The number of aliphatic hydroxyl groups excluding tert-OH is 1. The second-order valence-corrected chi connectivity index (χ2v) is 5.63. The van der Waals surface area contributed by atoms with Crippen LogP contribution >= 0.6 is 0 Å². The number of benzene rings is 2. The number of nitrogens with two attached hydrogens (primary N) is 1. The molecule has 0 saturated carbocycles. The molecule has 124 valence electrons.